The zero-order chi connectivity index (χ0) is 16.7. The fourth-order valence-electron chi connectivity index (χ4n) is 2.54. The molecular formula is C18H12ClN3OS. The summed E-state index contributed by atoms with van der Waals surface area (Å²) in [5.74, 6) is -0.0303. The van der Waals surface area contributed by atoms with Gasteiger partial charge in [-0.2, -0.15) is 5.10 Å². The van der Waals surface area contributed by atoms with Crippen LogP contribution in [-0.2, 0) is 0 Å². The number of hydrogen-bond donors (Lipinski definition) is 0. The van der Waals surface area contributed by atoms with Crippen LogP contribution >= 0.6 is 22.9 Å². The molecule has 118 valence electrons. The zero-order valence-electron chi connectivity index (χ0n) is 12.7. The number of benzene rings is 2. The van der Waals surface area contributed by atoms with Crippen LogP contribution < -0.4 is 0 Å². The van der Waals surface area contributed by atoms with E-state index >= 15 is 0 Å². The Kier molecular flexibility index (Phi) is 3.67. The van der Waals surface area contributed by atoms with E-state index in [4.69, 9.17) is 11.6 Å². The first kappa shape index (κ1) is 15.1. The smallest absolute Gasteiger partial charge is 0.213 e. The highest BCUT2D eigenvalue weighted by Gasteiger charge is 2.22. The molecule has 0 fully saturated rings. The normalized spacial score (nSPS) is 11.1. The SMILES string of the molecule is Cc1ccc(C(=O)c2sc3ncnn3c2-c2ccc(Cl)cc2)cc1. The number of rotatable bonds is 3. The molecule has 0 N–H and O–H groups in total. The predicted molar refractivity (Wildman–Crippen MR) is 95.9 cm³/mol. The van der Waals surface area contributed by atoms with Gasteiger partial charge in [-0.3, -0.25) is 4.79 Å². The number of fused-ring (bicyclic) bond motifs is 1. The average Bonchev–Trinajstić information content (AvgIpc) is 3.17. The molecule has 0 unspecified atom stereocenters. The minimum absolute atomic E-state index is 0.0303. The molecule has 0 radical (unpaired) electrons. The zero-order valence-corrected chi connectivity index (χ0v) is 14.3. The Balaban J connectivity index is 1.90. The number of carbonyl (C=O) groups is 1. The number of nitrogens with zero attached hydrogens (tertiary/aromatic N) is 3. The molecule has 2 aromatic heterocycles. The summed E-state index contributed by atoms with van der Waals surface area (Å²) in [7, 11) is 0. The summed E-state index contributed by atoms with van der Waals surface area (Å²) in [4.78, 5) is 18.5. The van der Waals surface area contributed by atoms with E-state index in [1.165, 1.54) is 17.7 Å². The summed E-state index contributed by atoms with van der Waals surface area (Å²) in [6, 6.07) is 14.9. The summed E-state index contributed by atoms with van der Waals surface area (Å²) >= 11 is 7.33. The van der Waals surface area contributed by atoms with Crippen molar-refractivity contribution in [3.63, 3.8) is 0 Å². The summed E-state index contributed by atoms with van der Waals surface area (Å²) in [6.07, 6.45) is 1.49. The van der Waals surface area contributed by atoms with Crippen LogP contribution in [0.2, 0.25) is 5.02 Å². The van der Waals surface area contributed by atoms with Crippen LogP contribution in [0.5, 0.6) is 0 Å². The lowest BCUT2D eigenvalue weighted by atomic mass is 10.0. The quantitative estimate of drug-likeness (QED) is 0.504. The molecule has 2 heterocycles. The van der Waals surface area contributed by atoms with Crippen LogP contribution in [0.3, 0.4) is 0 Å². The third-order valence-corrected chi connectivity index (χ3v) is 5.07. The van der Waals surface area contributed by atoms with Crippen LogP contribution in [0.1, 0.15) is 20.8 Å². The van der Waals surface area contributed by atoms with E-state index in [0.717, 1.165) is 16.8 Å². The minimum Gasteiger partial charge on any atom is -0.288 e. The van der Waals surface area contributed by atoms with E-state index in [1.807, 2.05) is 43.3 Å². The molecule has 4 aromatic rings. The lowest BCUT2D eigenvalue weighted by molar-refractivity contribution is 0.104. The fourth-order valence-corrected chi connectivity index (χ4v) is 3.69. The maximum absolute atomic E-state index is 13.0. The van der Waals surface area contributed by atoms with Crippen molar-refractivity contribution in [3.05, 3.63) is 75.9 Å². The lowest BCUT2D eigenvalue weighted by Gasteiger charge is -2.05. The van der Waals surface area contributed by atoms with Crippen LogP contribution in [0.25, 0.3) is 16.2 Å². The molecule has 0 atom stereocenters. The van der Waals surface area contributed by atoms with Gasteiger partial charge in [-0.25, -0.2) is 9.50 Å². The van der Waals surface area contributed by atoms with Crippen molar-refractivity contribution in [2.24, 2.45) is 0 Å². The van der Waals surface area contributed by atoms with Gasteiger partial charge in [0.15, 0.2) is 0 Å². The van der Waals surface area contributed by atoms with Crippen molar-refractivity contribution in [3.8, 4) is 11.3 Å². The number of hydrogen-bond acceptors (Lipinski definition) is 4. The molecule has 4 rings (SSSR count). The number of thiazole rings is 1. The van der Waals surface area contributed by atoms with E-state index in [-0.39, 0.29) is 5.78 Å². The van der Waals surface area contributed by atoms with Crippen molar-refractivity contribution in [2.75, 3.05) is 0 Å². The van der Waals surface area contributed by atoms with Crippen molar-refractivity contribution >= 4 is 33.7 Å². The average molecular weight is 354 g/mol. The van der Waals surface area contributed by atoms with Gasteiger partial charge >= 0.3 is 0 Å². The summed E-state index contributed by atoms with van der Waals surface area (Å²) < 4.78 is 1.70. The maximum atomic E-state index is 13.0. The van der Waals surface area contributed by atoms with E-state index in [0.29, 0.717) is 20.4 Å². The number of carbonyl (C=O) groups excluding carboxylic acids is 1. The molecule has 0 aliphatic carbocycles. The van der Waals surface area contributed by atoms with Crippen LogP contribution in [-0.4, -0.2) is 20.4 Å². The van der Waals surface area contributed by atoms with Gasteiger partial charge in [0, 0.05) is 16.1 Å². The molecule has 0 saturated carbocycles. The highest BCUT2D eigenvalue weighted by atomic mass is 35.5. The predicted octanol–water partition coefficient (Wildman–Crippen LogP) is 4.65. The van der Waals surface area contributed by atoms with E-state index < -0.39 is 0 Å². The van der Waals surface area contributed by atoms with Gasteiger partial charge in [-0.15, -0.1) is 0 Å². The summed E-state index contributed by atoms with van der Waals surface area (Å²) in [6.45, 7) is 2.00. The van der Waals surface area contributed by atoms with Gasteiger partial charge in [0.05, 0.1) is 5.69 Å². The van der Waals surface area contributed by atoms with Crippen molar-refractivity contribution in [2.45, 2.75) is 6.92 Å². The molecule has 0 aliphatic rings. The second kappa shape index (κ2) is 5.85. The summed E-state index contributed by atoms with van der Waals surface area (Å²) in [5.41, 5.74) is 3.40. The molecule has 24 heavy (non-hydrogen) atoms. The van der Waals surface area contributed by atoms with Crippen molar-refractivity contribution in [1.82, 2.24) is 14.6 Å². The monoisotopic (exact) mass is 353 g/mol. The highest BCUT2D eigenvalue weighted by Crippen LogP contribution is 2.33. The van der Waals surface area contributed by atoms with Gasteiger partial charge in [-0.1, -0.05) is 64.9 Å². The lowest BCUT2D eigenvalue weighted by Crippen LogP contribution is -2.02. The Morgan fingerprint density at radius 1 is 1.08 bits per heavy atom. The van der Waals surface area contributed by atoms with Gasteiger partial charge in [-0.05, 0) is 19.1 Å². The van der Waals surface area contributed by atoms with Gasteiger partial charge < -0.3 is 0 Å². The minimum atomic E-state index is -0.0303. The number of aromatic nitrogens is 3. The van der Waals surface area contributed by atoms with E-state index in [1.54, 1.807) is 16.6 Å². The topological polar surface area (TPSA) is 47.3 Å². The first-order valence-electron chi connectivity index (χ1n) is 7.33. The number of aryl methyl sites for hydroxylation is 1. The Morgan fingerprint density at radius 2 is 1.79 bits per heavy atom. The Hall–Kier alpha value is -2.50. The standard InChI is InChI=1S/C18H12ClN3OS/c1-11-2-4-13(5-3-11)16(23)17-15(12-6-8-14(19)9-7-12)22-18(24-17)20-10-21-22/h2-10H,1H3. The number of ketones is 1. The highest BCUT2D eigenvalue weighted by molar-refractivity contribution is 7.19. The van der Waals surface area contributed by atoms with Crippen LogP contribution in [0.4, 0.5) is 0 Å². The second-order valence-corrected chi connectivity index (χ2v) is 6.85. The second-order valence-electron chi connectivity index (χ2n) is 5.44. The molecule has 2 aromatic carbocycles. The Labute approximate surface area is 147 Å². The van der Waals surface area contributed by atoms with Crippen LogP contribution in [0, 0.1) is 6.92 Å². The van der Waals surface area contributed by atoms with Gasteiger partial charge in [0.25, 0.3) is 0 Å². The Morgan fingerprint density at radius 3 is 2.50 bits per heavy atom. The molecule has 0 saturated heterocycles. The molecule has 6 heteroatoms. The van der Waals surface area contributed by atoms with E-state index in [9.17, 15) is 4.79 Å². The Bertz CT molecular complexity index is 1030. The molecule has 0 amide bonds. The largest absolute Gasteiger partial charge is 0.288 e. The third-order valence-electron chi connectivity index (χ3n) is 3.77. The molecule has 0 bridgehead atoms. The molecule has 4 nitrogen and oxygen atoms in total. The van der Waals surface area contributed by atoms with Gasteiger partial charge in [0.2, 0.25) is 10.7 Å². The van der Waals surface area contributed by atoms with E-state index in [2.05, 4.69) is 10.1 Å². The number of halogens is 1. The van der Waals surface area contributed by atoms with Crippen LogP contribution in [0.15, 0.2) is 54.9 Å². The molecule has 0 spiro atoms. The first-order chi connectivity index (χ1) is 11.6. The third kappa shape index (κ3) is 2.52. The van der Waals surface area contributed by atoms with Crippen molar-refractivity contribution in [1.29, 1.82) is 0 Å². The maximum Gasteiger partial charge on any atom is 0.213 e. The summed E-state index contributed by atoms with van der Waals surface area (Å²) in [5, 5.41) is 4.91. The molecule has 0 aliphatic heterocycles. The fraction of sp³-hybridized carbons (Fsp3) is 0.0556. The first-order valence-corrected chi connectivity index (χ1v) is 8.53. The molecular weight excluding hydrogens is 342 g/mol. The van der Waals surface area contributed by atoms with Gasteiger partial charge in [0.1, 0.15) is 11.2 Å². The van der Waals surface area contributed by atoms with Crippen molar-refractivity contribution < 1.29 is 4.79 Å².